The molecule has 122 valence electrons. The Labute approximate surface area is 133 Å². The number of aliphatic hydroxyl groups is 1. The maximum Gasteiger partial charge on any atom is 0.127 e. The Bertz CT molecular complexity index is 472. The smallest absolute Gasteiger partial charge is 0.127 e. The van der Waals surface area contributed by atoms with E-state index >= 15 is 0 Å². The van der Waals surface area contributed by atoms with E-state index in [1.807, 2.05) is 0 Å². The van der Waals surface area contributed by atoms with Gasteiger partial charge >= 0.3 is 0 Å². The van der Waals surface area contributed by atoms with Crippen molar-refractivity contribution in [2.75, 3.05) is 46.4 Å². The van der Waals surface area contributed by atoms with E-state index in [9.17, 15) is 5.11 Å². The molecule has 1 saturated heterocycles. The van der Waals surface area contributed by atoms with Gasteiger partial charge in [0.05, 0.1) is 19.8 Å². The lowest BCUT2D eigenvalue weighted by Gasteiger charge is -2.30. The fourth-order valence-electron chi connectivity index (χ4n) is 3.74. The highest BCUT2D eigenvalue weighted by Gasteiger charge is 2.25. The largest absolute Gasteiger partial charge is 0.385 e. The second-order valence-corrected chi connectivity index (χ2v) is 6.98. The molecule has 1 fully saturated rings. The average molecular weight is 306 g/mol. The summed E-state index contributed by atoms with van der Waals surface area (Å²) >= 11 is 0. The molecule has 0 radical (unpaired) electrons. The molecule has 4 heteroatoms. The number of nitrogens with one attached hydrogen (secondary N) is 2. The molecular formula is C18H30N2O2+2. The molecular weight excluding hydrogens is 276 g/mol. The molecule has 1 aliphatic carbocycles. The number of hydrogen-bond donors (Lipinski definition) is 3. The molecule has 0 spiro atoms. The van der Waals surface area contributed by atoms with Crippen molar-refractivity contribution in [2.45, 2.75) is 31.5 Å². The van der Waals surface area contributed by atoms with Gasteiger partial charge in [-0.1, -0.05) is 24.3 Å². The molecule has 4 nitrogen and oxygen atoms in total. The van der Waals surface area contributed by atoms with Gasteiger partial charge in [0.15, 0.2) is 0 Å². The van der Waals surface area contributed by atoms with Crippen LogP contribution in [-0.2, 0) is 11.2 Å². The van der Waals surface area contributed by atoms with Gasteiger partial charge < -0.3 is 19.6 Å². The van der Waals surface area contributed by atoms with Gasteiger partial charge in [-0.3, -0.25) is 0 Å². The van der Waals surface area contributed by atoms with Crippen LogP contribution in [0.3, 0.4) is 0 Å². The number of quaternary nitrogens is 2. The zero-order valence-electron chi connectivity index (χ0n) is 13.7. The first-order valence-corrected chi connectivity index (χ1v) is 8.74. The van der Waals surface area contributed by atoms with E-state index < -0.39 is 0 Å². The molecule has 1 heterocycles. The second kappa shape index (κ2) is 7.55. The molecule has 1 aliphatic heterocycles. The Kier molecular flexibility index (Phi) is 5.47. The maximum atomic E-state index is 10.3. The number of aliphatic hydroxyl groups excluding tert-OH is 1. The van der Waals surface area contributed by atoms with Crippen LogP contribution in [0.2, 0.25) is 0 Å². The number of piperazine rings is 1. The van der Waals surface area contributed by atoms with E-state index in [1.165, 1.54) is 35.5 Å². The van der Waals surface area contributed by atoms with Crippen molar-refractivity contribution in [2.24, 2.45) is 0 Å². The summed E-state index contributed by atoms with van der Waals surface area (Å²) in [5, 5.41) is 10.3. The molecule has 1 aromatic carbocycles. The Balaban J connectivity index is 1.46. The van der Waals surface area contributed by atoms with E-state index in [0.717, 1.165) is 32.5 Å². The Morgan fingerprint density at radius 2 is 2.00 bits per heavy atom. The third-order valence-electron chi connectivity index (χ3n) is 5.14. The minimum absolute atomic E-state index is 0.173. The van der Waals surface area contributed by atoms with Crippen molar-refractivity contribution in [1.29, 1.82) is 0 Å². The van der Waals surface area contributed by atoms with Crippen molar-refractivity contribution < 1.29 is 19.6 Å². The number of aryl methyl sites for hydroxylation is 1. The first-order chi connectivity index (χ1) is 10.7. The number of fused-ring (bicyclic) bond motifs is 1. The van der Waals surface area contributed by atoms with Crippen LogP contribution >= 0.6 is 0 Å². The predicted molar refractivity (Wildman–Crippen MR) is 86.3 cm³/mol. The van der Waals surface area contributed by atoms with Crippen molar-refractivity contribution in [1.82, 2.24) is 0 Å². The summed E-state index contributed by atoms with van der Waals surface area (Å²) in [6, 6.07) is 8.58. The van der Waals surface area contributed by atoms with Gasteiger partial charge in [0.2, 0.25) is 0 Å². The molecule has 22 heavy (non-hydrogen) atoms. The number of hydrogen-bond acceptors (Lipinski definition) is 2. The van der Waals surface area contributed by atoms with Gasteiger partial charge in [0, 0.05) is 0 Å². The SMILES string of the molecule is C[NH+]1CC[NH+](C[C@H](O)CO[C@H]2CCCc3ccccc32)CC1. The highest BCUT2D eigenvalue weighted by molar-refractivity contribution is 5.31. The predicted octanol–water partition coefficient (Wildman–Crippen LogP) is -1.15. The van der Waals surface area contributed by atoms with Crippen molar-refractivity contribution in [3.05, 3.63) is 35.4 Å². The first-order valence-electron chi connectivity index (χ1n) is 8.74. The average Bonchev–Trinajstić information content (AvgIpc) is 2.55. The molecule has 0 unspecified atom stereocenters. The lowest BCUT2D eigenvalue weighted by Crippen LogP contribution is -3.27. The first kappa shape index (κ1) is 15.9. The summed E-state index contributed by atoms with van der Waals surface area (Å²) in [4.78, 5) is 3.12. The van der Waals surface area contributed by atoms with Crippen molar-refractivity contribution in [3.8, 4) is 0 Å². The van der Waals surface area contributed by atoms with Crippen LogP contribution in [-0.4, -0.2) is 57.6 Å². The van der Waals surface area contributed by atoms with Gasteiger partial charge in [-0.2, -0.15) is 0 Å². The zero-order chi connectivity index (χ0) is 15.4. The topological polar surface area (TPSA) is 38.3 Å². The quantitative estimate of drug-likeness (QED) is 0.643. The number of rotatable bonds is 5. The van der Waals surface area contributed by atoms with Crippen LogP contribution in [0.5, 0.6) is 0 Å². The van der Waals surface area contributed by atoms with Crippen molar-refractivity contribution >= 4 is 0 Å². The van der Waals surface area contributed by atoms with Crippen LogP contribution < -0.4 is 9.80 Å². The fourth-order valence-corrected chi connectivity index (χ4v) is 3.74. The number of likely N-dealkylation sites (N-methyl/N-ethyl adjacent to an activating group) is 1. The van der Waals surface area contributed by atoms with Gasteiger partial charge in [-0.25, -0.2) is 0 Å². The van der Waals surface area contributed by atoms with Crippen LogP contribution in [0.4, 0.5) is 0 Å². The Morgan fingerprint density at radius 1 is 1.23 bits per heavy atom. The third-order valence-corrected chi connectivity index (χ3v) is 5.14. The number of ether oxygens (including phenoxy) is 1. The molecule has 0 saturated carbocycles. The Hall–Kier alpha value is -0.940. The molecule has 0 amide bonds. The van der Waals surface area contributed by atoms with E-state index in [0.29, 0.717) is 6.61 Å². The second-order valence-electron chi connectivity index (χ2n) is 6.98. The van der Waals surface area contributed by atoms with Gasteiger partial charge in [-0.15, -0.1) is 0 Å². The summed E-state index contributed by atoms with van der Waals surface area (Å²) in [5.74, 6) is 0. The number of benzene rings is 1. The summed E-state index contributed by atoms with van der Waals surface area (Å²) in [6.45, 7) is 6.02. The lowest BCUT2D eigenvalue weighted by molar-refractivity contribution is -1.00. The van der Waals surface area contributed by atoms with E-state index in [2.05, 4.69) is 31.3 Å². The summed E-state index contributed by atoms with van der Waals surface area (Å²) in [6.07, 6.45) is 3.25. The van der Waals surface area contributed by atoms with E-state index in [4.69, 9.17) is 4.74 Å². The molecule has 3 rings (SSSR count). The van der Waals surface area contributed by atoms with Crippen LogP contribution in [0.15, 0.2) is 24.3 Å². The van der Waals surface area contributed by atoms with Gasteiger partial charge in [-0.05, 0) is 30.4 Å². The molecule has 0 bridgehead atoms. The normalized spacial score (nSPS) is 29.8. The van der Waals surface area contributed by atoms with Crippen LogP contribution in [0.1, 0.15) is 30.1 Å². The maximum absolute atomic E-state index is 10.3. The minimum Gasteiger partial charge on any atom is -0.385 e. The minimum atomic E-state index is -0.345. The van der Waals surface area contributed by atoms with E-state index in [1.54, 1.807) is 4.90 Å². The molecule has 0 aromatic heterocycles. The summed E-state index contributed by atoms with van der Waals surface area (Å²) in [5.41, 5.74) is 2.75. The standard InChI is InChI=1S/C18H28N2O2/c1-19-9-11-20(12-10-19)13-16(21)14-22-18-8-4-6-15-5-2-3-7-17(15)18/h2-3,5,7,16,18,21H,4,6,8-14H2,1H3/p+2/t16-,18-/m0/s1. The molecule has 3 N–H and O–H groups in total. The van der Waals surface area contributed by atoms with Gasteiger partial charge in [0.1, 0.15) is 38.8 Å². The van der Waals surface area contributed by atoms with Crippen LogP contribution in [0.25, 0.3) is 0 Å². The summed E-state index contributed by atoms with van der Waals surface area (Å²) in [7, 11) is 2.25. The zero-order valence-corrected chi connectivity index (χ0v) is 13.7. The van der Waals surface area contributed by atoms with Gasteiger partial charge in [0.25, 0.3) is 0 Å². The molecule has 2 aliphatic rings. The third kappa shape index (κ3) is 4.07. The fraction of sp³-hybridized carbons (Fsp3) is 0.667. The molecule has 1 aromatic rings. The van der Waals surface area contributed by atoms with Crippen LogP contribution in [0, 0.1) is 0 Å². The monoisotopic (exact) mass is 306 g/mol. The molecule has 2 atom stereocenters. The lowest BCUT2D eigenvalue weighted by atomic mass is 9.89. The summed E-state index contributed by atoms with van der Waals surface area (Å²) < 4.78 is 6.07. The highest BCUT2D eigenvalue weighted by Crippen LogP contribution is 2.32. The Morgan fingerprint density at radius 3 is 2.82 bits per heavy atom. The van der Waals surface area contributed by atoms with E-state index in [-0.39, 0.29) is 12.2 Å². The van der Waals surface area contributed by atoms with Crippen molar-refractivity contribution in [3.63, 3.8) is 0 Å². The highest BCUT2D eigenvalue weighted by atomic mass is 16.5.